The zero-order chi connectivity index (χ0) is 13.9. The van der Waals surface area contributed by atoms with E-state index in [0.717, 1.165) is 18.8 Å². The molecule has 0 saturated carbocycles. The smallest absolute Gasteiger partial charge is 0.239 e. The van der Waals surface area contributed by atoms with E-state index in [4.69, 9.17) is 10.5 Å². The molecule has 1 heterocycles. The van der Waals surface area contributed by atoms with E-state index in [-0.39, 0.29) is 0 Å². The Morgan fingerprint density at radius 3 is 2.95 bits per heavy atom. The molecular weight excluding hydrogens is 250 g/mol. The fourth-order valence-corrected chi connectivity index (χ4v) is 2.57. The van der Waals surface area contributed by atoms with E-state index >= 15 is 0 Å². The monoisotopic (exact) mass is 269 g/mol. The van der Waals surface area contributed by atoms with Gasteiger partial charge in [0.05, 0.1) is 12.3 Å². The average molecular weight is 269 g/mol. The molecule has 0 fully saturated rings. The zero-order valence-electron chi connectivity index (χ0n) is 11.6. The van der Waals surface area contributed by atoms with Gasteiger partial charge in [0.25, 0.3) is 0 Å². The van der Waals surface area contributed by atoms with Gasteiger partial charge < -0.3 is 15.8 Å². The number of hydrogen-bond donors (Lipinski definition) is 2. The SMILES string of the molecule is CCOc1nc(NCC2Cc3ccccc32)ccc1N. The summed E-state index contributed by atoms with van der Waals surface area (Å²) in [6.07, 6.45) is 1.14. The molecule has 2 aromatic rings. The third-order valence-electron chi connectivity index (χ3n) is 3.66. The molecule has 1 atom stereocenters. The van der Waals surface area contributed by atoms with Gasteiger partial charge in [0.1, 0.15) is 5.82 Å². The summed E-state index contributed by atoms with van der Waals surface area (Å²) in [6.45, 7) is 3.38. The van der Waals surface area contributed by atoms with Crippen molar-refractivity contribution in [3.63, 3.8) is 0 Å². The van der Waals surface area contributed by atoms with E-state index in [9.17, 15) is 0 Å². The molecule has 0 radical (unpaired) electrons. The fourth-order valence-electron chi connectivity index (χ4n) is 2.57. The lowest BCUT2D eigenvalue weighted by Crippen LogP contribution is -2.24. The van der Waals surface area contributed by atoms with Crippen LogP contribution in [0.5, 0.6) is 5.88 Å². The van der Waals surface area contributed by atoms with E-state index in [2.05, 4.69) is 34.6 Å². The Morgan fingerprint density at radius 2 is 2.15 bits per heavy atom. The lowest BCUT2D eigenvalue weighted by atomic mass is 9.77. The molecule has 1 aromatic heterocycles. The Labute approximate surface area is 119 Å². The van der Waals surface area contributed by atoms with E-state index < -0.39 is 0 Å². The number of nitrogens with one attached hydrogen (secondary N) is 1. The summed E-state index contributed by atoms with van der Waals surface area (Å²) in [5.41, 5.74) is 9.29. The van der Waals surface area contributed by atoms with Crippen molar-refractivity contribution in [3.05, 3.63) is 47.5 Å². The molecule has 4 nitrogen and oxygen atoms in total. The number of benzene rings is 1. The molecule has 3 N–H and O–H groups in total. The number of hydrogen-bond acceptors (Lipinski definition) is 4. The van der Waals surface area contributed by atoms with Gasteiger partial charge in [0.15, 0.2) is 0 Å². The second-order valence-corrected chi connectivity index (χ2v) is 5.00. The highest BCUT2D eigenvalue weighted by atomic mass is 16.5. The van der Waals surface area contributed by atoms with Crippen molar-refractivity contribution < 1.29 is 4.74 Å². The highest BCUT2D eigenvalue weighted by Crippen LogP contribution is 2.34. The molecule has 0 amide bonds. The normalized spacial score (nSPS) is 16.1. The summed E-state index contributed by atoms with van der Waals surface area (Å²) in [6, 6.07) is 12.3. The first kappa shape index (κ1) is 12.8. The number of fused-ring (bicyclic) bond motifs is 1. The van der Waals surface area contributed by atoms with Crippen LogP contribution in [0.4, 0.5) is 11.5 Å². The molecule has 1 aliphatic rings. The largest absolute Gasteiger partial charge is 0.476 e. The summed E-state index contributed by atoms with van der Waals surface area (Å²) < 4.78 is 5.40. The summed E-state index contributed by atoms with van der Waals surface area (Å²) in [5, 5.41) is 3.37. The van der Waals surface area contributed by atoms with Crippen LogP contribution in [0.15, 0.2) is 36.4 Å². The number of anilines is 2. The summed E-state index contributed by atoms with van der Waals surface area (Å²) >= 11 is 0. The Balaban J connectivity index is 1.64. The Morgan fingerprint density at radius 1 is 1.30 bits per heavy atom. The van der Waals surface area contributed by atoms with Crippen LogP contribution in [-0.2, 0) is 6.42 Å². The van der Waals surface area contributed by atoms with Gasteiger partial charge in [-0.1, -0.05) is 24.3 Å². The lowest BCUT2D eigenvalue weighted by Gasteiger charge is -2.30. The molecule has 0 aliphatic heterocycles. The van der Waals surface area contributed by atoms with Gasteiger partial charge in [-0.15, -0.1) is 0 Å². The van der Waals surface area contributed by atoms with Gasteiger partial charge in [0.2, 0.25) is 5.88 Å². The number of nitrogen functional groups attached to an aromatic ring is 1. The number of aromatic nitrogens is 1. The van der Waals surface area contributed by atoms with Crippen molar-refractivity contribution in [2.24, 2.45) is 0 Å². The summed E-state index contributed by atoms with van der Waals surface area (Å²) in [5.74, 6) is 1.89. The molecule has 20 heavy (non-hydrogen) atoms. The minimum atomic E-state index is 0.506. The number of nitrogens with zero attached hydrogens (tertiary/aromatic N) is 1. The van der Waals surface area contributed by atoms with Crippen molar-refractivity contribution in [2.75, 3.05) is 24.2 Å². The standard InChI is InChI=1S/C16H19N3O/c1-2-20-16-14(17)7-8-15(19-16)18-10-12-9-11-5-3-4-6-13(11)12/h3-8,12H,2,9-10,17H2,1H3,(H,18,19). The second kappa shape index (κ2) is 5.41. The van der Waals surface area contributed by atoms with E-state index in [1.54, 1.807) is 0 Å². The number of pyridine rings is 1. The molecule has 1 aliphatic carbocycles. The van der Waals surface area contributed by atoms with E-state index in [1.165, 1.54) is 11.1 Å². The van der Waals surface area contributed by atoms with Gasteiger partial charge >= 0.3 is 0 Å². The Bertz CT molecular complexity index is 612. The highest BCUT2D eigenvalue weighted by molar-refractivity contribution is 5.54. The van der Waals surface area contributed by atoms with Crippen LogP contribution in [0.1, 0.15) is 24.0 Å². The van der Waals surface area contributed by atoms with Crippen molar-refractivity contribution in [1.82, 2.24) is 4.98 Å². The number of nitrogens with two attached hydrogens (primary N) is 1. The van der Waals surface area contributed by atoms with Gasteiger partial charge in [-0.3, -0.25) is 0 Å². The number of rotatable bonds is 5. The predicted octanol–water partition coefficient (Wildman–Crippen LogP) is 2.81. The van der Waals surface area contributed by atoms with Crippen molar-refractivity contribution in [3.8, 4) is 5.88 Å². The van der Waals surface area contributed by atoms with E-state index in [0.29, 0.717) is 24.1 Å². The first-order chi connectivity index (χ1) is 9.78. The van der Waals surface area contributed by atoms with Gasteiger partial charge in [-0.05, 0) is 36.6 Å². The Hall–Kier alpha value is -2.23. The number of ether oxygens (including phenoxy) is 1. The highest BCUT2D eigenvalue weighted by Gasteiger charge is 2.24. The van der Waals surface area contributed by atoms with Gasteiger partial charge in [-0.25, -0.2) is 0 Å². The molecule has 4 heteroatoms. The minimum absolute atomic E-state index is 0.506. The van der Waals surface area contributed by atoms with Gasteiger partial charge in [0, 0.05) is 12.5 Å². The molecule has 1 unspecified atom stereocenters. The third-order valence-corrected chi connectivity index (χ3v) is 3.66. The third kappa shape index (κ3) is 2.41. The van der Waals surface area contributed by atoms with Gasteiger partial charge in [-0.2, -0.15) is 4.98 Å². The maximum atomic E-state index is 5.82. The van der Waals surface area contributed by atoms with Crippen LogP contribution in [0.2, 0.25) is 0 Å². The maximum Gasteiger partial charge on any atom is 0.239 e. The van der Waals surface area contributed by atoms with Crippen LogP contribution in [-0.4, -0.2) is 18.1 Å². The molecule has 3 rings (SSSR count). The lowest BCUT2D eigenvalue weighted by molar-refractivity contribution is 0.329. The first-order valence-electron chi connectivity index (χ1n) is 6.99. The molecular formula is C16H19N3O. The maximum absolute atomic E-state index is 5.82. The quantitative estimate of drug-likeness (QED) is 0.876. The minimum Gasteiger partial charge on any atom is -0.476 e. The van der Waals surface area contributed by atoms with Crippen LogP contribution in [0.25, 0.3) is 0 Å². The molecule has 0 spiro atoms. The van der Waals surface area contributed by atoms with Crippen LogP contribution < -0.4 is 15.8 Å². The van der Waals surface area contributed by atoms with Crippen LogP contribution in [0, 0.1) is 0 Å². The zero-order valence-corrected chi connectivity index (χ0v) is 11.6. The molecule has 0 saturated heterocycles. The average Bonchev–Trinajstić information content (AvgIpc) is 2.43. The Kier molecular flexibility index (Phi) is 3.46. The van der Waals surface area contributed by atoms with Crippen molar-refractivity contribution in [1.29, 1.82) is 0 Å². The van der Waals surface area contributed by atoms with Crippen LogP contribution in [0.3, 0.4) is 0 Å². The predicted molar refractivity (Wildman–Crippen MR) is 81.2 cm³/mol. The second-order valence-electron chi connectivity index (χ2n) is 5.00. The summed E-state index contributed by atoms with van der Waals surface area (Å²) in [7, 11) is 0. The topological polar surface area (TPSA) is 60.2 Å². The molecule has 1 aromatic carbocycles. The van der Waals surface area contributed by atoms with Crippen molar-refractivity contribution >= 4 is 11.5 Å². The van der Waals surface area contributed by atoms with Crippen molar-refractivity contribution in [2.45, 2.75) is 19.3 Å². The fraction of sp³-hybridized carbons (Fsp3) is 0.312. The summed E-state index contributed by atoms with van der Waals surface area (Å²) in [4.78, 5) is 4.39. The molecule has 0 bridgehead atoms. The first-order valence-corrected chi connectivity index (χ1v) is 6.99. The molecule has 104 valence electrons. The van der Waals surface area contributed by atoms with Crippen LogP contribution >= 0.6 is 0 Å². The van der Waals surface area contributed by atoms with E-state index in [1.807, 2.05) is 19.1 Å².